The molecule has 1 aliphatic rings. The molecule has 1 saturated heterocycles. The average Bonchev–Trinajstić information content (AvgIpc) is 2.81. The van der Waals surface area contributed by atoms with Crippen molar-refractivity contribution in [1.82, 2.24) is 9.62 Å². The summed E-state index contributed by atoms with van der Waals surface area (Å²) in [7, 11) is -3.52. The van der Waals surface area contributed by atoms with E-state index in [0.717, 1.165) is 17.7 Å². The molecule has 0 radical (unpaired) electrons. The van der Waals surface area contributed by atoms with Crippen LogP contribution in [-0.4, -0.2) is 51.9 Å². The van der Waals surface area contributed by atoms with Crippen LogP contribution in [0.3, 0.4) is 0 Å². The summed E-state index contributed by atoms with van der Waals surface area (Å²) in [6, 6.07) is 11.7. The summed E-state index contributed by atoms with van der Waals surface area (Å²) < 4.78 is 65.7. The number of halogens is 3. The van der Waals surface area contributed by atoms with E-state index in [0.29, 0.717) is 51.3 Å². The Labute approximate surface area is 192 Å². The number of alkyl halides is 3. The molecular weight excluding hydrogens is 455 g/mol. The van der Waals surface area contributed by atoms with Gasteiger partial charge < -0.3 is 9.80 Å². The molecule has 1 N–H and O–H groups in total. The third-order valence-electron chi connectivity index (χ3n) is 5.57. The normalized spacial score (nSPS) is 15.0. The zero-order valence-corrected chi connectivity index (χ0v) is 19.3. The van der Waals surface area contributed by atoms with Crippen molar-refractivity contribution in [2.24, 2.45) is 0 Å². The van der Waals surface area contributed by atoms with Gasteiger partial charge in [-0.2, -0.15) is 13.2 Å². The van der Waals surface area contributed by atoms with E-state index in [4.69, 9.17) is 0 Å². The Kier molecular flexibility index (Phi) is 8.01. The van der Waals surface area contributed by atoms with Gasteiger partial charge in [-0.25, -0.2) is 13.1 Å². The maximum atomic E-state index is 13.0. The van der Waals surface area contributed by atoms with Crippen molar-refractivity contribution in [2.45, 2.75) is 37.3 Å². The fourth-order valence-corrected chi connectivity index (χ4v) is 4.79. The molecule has 2 aromatic carbocycles. The van der Waals surface area contributed by atoms with Gasteiger partial charge in [-0.15, -0.1) is 0 Å². The Morgan fingerprint density at radius 2 is 1.70 bits per heavy atom. The van der Waals surface area contributed by atoms with Gasteiger partial charge in [0.15, 0.2) is 0 Å². The summed E-state index contributed by atoms with van der Waals surface area (Å²) in [5.74, 6) is -0.0278. The predicted molar refractivity (Wildman–Crippen MR) is 120 cm³/mol. The van der Waals surface area contributed by atoms with E-state index in [-0.39, 0.29) is 17.2 Å². The van der Waals surface area contributed by atoms with Crippen LogP contribution in [0.2, 0.25) is 0 Å². The number of anilines is 1. The van der Waals surface area contributed by atoms with Gasteiger partial charge >= 0.3 is 6.18 Å². The fourth-order valence-electron chi connectivity index (χ4n) is 3.66. The molecule has 1 fully saturated rings. The van der Waals surface area contributed by atoms with Crippen molar-refractivity contribution in [3.05, 3.63) is 59.7 Å². The van der Waals surface area contributed by atoms with Gasteiger partial charge in [0.25, 0.3) is 0 Å². The van der Waals surface area contributed by atoms with Crippen LogP contribution in [-0.2, 0) is 27.4 Å². The molecule has 0 unspecified atom stereocenters. The molecule has 3 rings (SSSR count). The van der Waals surface area contributed by atoms with E-state index < -0.39 is 21.8 Å². The number of carbonyl (C=O) groups excluding carboxylic acids is 1. The molecule has 0 spiro atoms. The van der Waals surface area contributed by atoms with Crippen molar-refractivity contribution in [2.75, 3.05) is 37.6 Å². The summed E-state index contributed by atoms with van der Waals surface area (Å²) in [6.07, 6.45) is -2.92. The highest BCUT2D eigenvalue weighted by molar-refractivity contribution is 7.89. The number of aryl methyl sites for hydroxylation is 1. The number of hydrogen-bond acceptors (Lipinski definition) is 4. The Morgan fingerprint density at radius 1 is 1.03 bits per heavy atom. The van der Waals surface area contributed by atoms with E-state index in [2.05, 4.69) is 4.72 Å². The molecule has 180 valence electrons. The van der Waals surface area contributed by atoms with E-state index in [1.54, 1.807) is 23.1 Å². The van der Waals surface area contributed by atoms with Crippen molar-refractivity contribution in [1.29, 1.82) is 0 Å². The van der Waals surface area contributed by atoms with Crippen LogP contribution >= 0.6 is 0 Å². The van der Waals surface area contributed by atoms with Gasteiger partial charge in [0.2, 0.25) is 15.9 Å². The summed E-state index contributed by atoms with van der Waals surface area (Å²) in [5, 5.41) is 0. The minimum atomic E-state index is -4.39. The third kappa shape index (κ3) is 6.70. The lowest BCUT2D eigenvalue weighted by atomic mass is 10.1. The summed E-state index contributed by atoms with van der Waals surface area (Å²) >= 11 is 0. The number of piperazine rings is 1. The average molecular weight is 484 g/mol. The first-order valence-corrected chi connectivity index (χ1v) is 12.4. The first kappa shape index (κ1) is 25.0. The molecule has 0 atom stereocenters. The Balaban J connectivity index is 1.50. The summed E-state index contributed by atoms with van der Waals surface area (Å²) in [6.45, 7) is 4.06. The number of nitrogens with one attached hydrogen (secondary N) is 1. The highest BCUT2D eigenvalue weighted by atomic mass is 32.2. The number of benzene rings is 2. The minimum Gasteiger partial charge on any atom is -0.368 e. The van der Waals surface area contributed by atoms with E-state index in [1.807, 2.05) is 11.8 Å². The highest BCUT2D eigenvalue weighted by Crippen LogP contribution is 2.31. The van der Waals surface area contributed by atoms with Crippen LogP contribution in [0.25, 0.3) is 0 Å². The first-order valence-electron chi connectivity index (χ1n) is 10.9. The molecule has 6 nitrogen and oxygen atoms in total. The lowest BCUT2D eigenvalue weighted by Gasteiger charge is -2.36. The topological polar surface area (TPSA) is 69.7 Å². The van der Waals surface area contributed by atoms with Gasteiger partial charge in [-0.1, -0.05) is 25.1 Å². The van der Waals surface area contributed by atoms with Crippen LogP contribution in [0.5, 0.6) is 0 Å². The van der Waals surface area contributed by atoms with Crippen LogP contribution in [0.4, 0.5) is 18.9 Å². The highest BCUT2D eigenvalue weighted by Gasteiger charge is 2.31. The fraction of sp³-hybridized carbons (Fsp3) is 0.435. The number of nitrogens with zero attached hydrogens (tertiary/aromatic N) is 2. The zero-order chi connectivity index (χ0) is 24.1. The second-order valence-electron chi connectivity index (χ2n) is 7.96. The molecule has 33 heavy (non-hydrogen) atoms. The second-order valence-corrected chi connectivity index (χ2v) is 9.72. The van der Waals surface area contributed by atoms with Gasteiger partial charge in [0.05, 0.1) is 10.5 Å². The first-order chi connectivity index (χ1) is 15.6. The molecule has 2 aromatic rings. The van der Waals surface area contributed by atoms with Crippen LogP contribution in [0.1, 0.15) is 30.9 Å². The van der Waals surface area contributed by atoms with Gasteiger partial charge in [-0.3, -0.25) is 4.79 Å². The second kappa shape index (κ2) is 10.6. The van der Waals surface area contributed by atoms with Gasteiger partial charge in [0.1, 0.15) is 0 Å². The Morgan fingerprint density at radius 3 is 2.30 bits per heavy atom. The molecule has 0 aliphatic carbocycles. The minimum absolute atomic E-state index is 0.0278. The largest absolute Gasteiger partial charge is 0.416 e. The van der Waals surface area contributed by atoms with Crippen LogP contribution in [0.15, 0.2) is 53.4 Å². The Hall–Kier alpha value is -2.59. The summed E-state index contributed by atoms with van der Waals surface area (Å²) in [4.78, 5) is 16.4. The molecule has 1 amide bonds. The number of carbonyl (C=O) groups is 1. The van der Waals surface area contributed by atoms with Crippen LogP contribution in [0, 0.1) is 0 Å². The van der Waals surface area contributed by atoms with E-state index in [9.17, 15) is 26.4 Å². The molecule has 1 heterocycles. The molecule has 0 saturated carbocycles. The molecule has 0 aromatic heterocycles. The maximum absolute atomic E-state index is 13.0. The predicted octanol–water partition coefficient (Wildman–Crippen LogP) is 3.68. The van der Waals surface area contributed by atoms with Crippen molar-refractivity contribution in [3.63, 3.8) is 0 Å². The number of rotatable bonds is 8. The molecular formula is C23H28F3N3O3S. The van der Waals surface area contributed by atoms with Crippen molar-refractivity contribution < 1.29 is 26.4 Å². The smallest absolute Gasteiger partial charge is 0.368 e. The summed E-state index contributed by atoms with van der Waals surface area (Å²) in [5.41, 5.74) is 0.680. The van der Waals surface area contributed by atoms with Crippen molar-refractivity contribution >= 4 is 21.6 Å². The van der Waals surface area contributed by atoms with Crippen molar-refractivity contribution in [3.8, 4) is 0 Å². The number of amides is 1. The lowest BCUT2D eigenvalue weighted by Crippen LogP contribution is -2.48. The van der Waals surface area contributed by atoms with E-state index in [1.165, 1.54) is 18.2 Å². The SMILES string of the molecule is CCCNS(=O)(=O)c1ccc(CCC(=O)N2CCN(c3cccc(C(F)(F)F)c3)CC2)cc1. The molecule has 0 bridgehead atoms. The molecule has 10 heteroatoms. The monoisotopic (exact) mass is 483 g/mol. The van der Waals surface area contributed by atoms with E-state index >= 15 is 0 Å². The zero-order valence-electron chi connectivity index (χ0n) is 18.4. The Bertz CT molecular complexity index is 1050. The lowest BCUT2D eigenvalue weighted by molar-refractivity contribution is -0.137. The van der Waals surface area contributed by atoms with Gasteiger partial charge in [-0.05, 0) is 48.7 Å². The quantitative estimate of drug-likeness (QED) is 0.622. The maximum Gasteiger partial charge on any atom is 0.416 e. The number of sulfonamides is 1. The standard InChI is InChI=1S/C23H28F3N3O3S/c1-2-12-27-33(31,32)21-9-6-18(7-10-21)8-11-22(30)29-15-13-28(14-16-29)20-5-3-4-19(17-20)23(24,25)26/h3-7,9-10,17,27H,2,8,11-16H2,1H3. The molecule has 1 aliphatic heterocycles. The number of hydrogen-bond donors (Lipinski definition) is 1. The van der Waals surface area contributed by atoms with Crippen LogP contribution < -0.4 is 9.62 Å². The third-order valence-corrected chi connectivity index (χ3v) is 7.05. The van der Waals surface area contributed by atoms with Gasteiger partial charge in [0, 0.05) is 44.8 Å².